The zero-order chi connectivity index (χ0) is 21.0. The Morgan fingerprint density at radius 3 is 2.59 bits per heavy atom. The molecule has 3 rings (SSSR count). The average Bonchev–Trinajstić information content (AvgIpc) is 2.98. The van der Waals surface area contributed by atoms with E-state index >= 15 is 0 Å². The number of hydrogen-bond donors (Lipinski definition) is 0. The molecule has 0 spiro atoms. The van der Waals surface area contributed by atoms with Crippen molar-refractivity contribution < 1.29 is 9.47 Å². The van der Waals surface area contributed by atoms with Crippen molar-refractivity contribution in [2.24, 2.45) is 7.05 Å². The number of aryl methyl sites for hydroxylation is 1. The standard InChI is InChI=1S/C22H28N4O2S/c1-6-28-19-12-11-17(13-20(19)27-5)14-24(3)15-26-22(29)25(4)21(23-26)18-10-8-7-9-16(18)2/h7-13H,6,14-15H2,1-5H3. The maximum atomic E-state index is 5.63. The second-order valence-electron chi connectivity index (χ2n) is 7.05. The molecular formula is C22H28N4O2S. The highest BCUT2D eigenvalue weighted by Gasteiger charge is 2.13. The molecular weight excluding hydrogens is 384 g/mol. The highest BCUT2D eigenvalue weighted by Crippen LogP contribution is 2.28. The number of benzene rings is 2. The van der Waals surface area contributed by atoms with E-state index in [9.17, 15) is 0 Å². The Morgan fingerprint density at radius 1 is 1.14 bits per heavy atom. The van der Waals surface area contributed by atoms with Gasteiger partial charge in [-0.2, -0.15) is 5.10 Å². The van der Waals surface area contributed by atoms with E-state index in [4.69, 9.17) is 26.8 Å². The molecule has 154 valence electrons. The fourth-order valence-electron chi connectivity index (χ4n) is 3.31. The molecule has 2 aromatic carbocycles. The van der Waals surface area contributed by atoms with Gasteiger partial charge in [-0.15, -0.1) is 0 Å². The largest absolute Gasteiger partial charge is 0.493 e. The third-order valence-electron chi connectivity index (χ3n) is 4.78. The molecule has 0 aliphatic rings. The van der Waals surface area contributed by atoms with Gasteiger partial charge in [0.2, 0.25) is 0 Å². The van der Waals surface area contributed by atoms with E-state index in [0.29, 0.717) is 18.0 Å². The first-order chi connectivity index (χ1) is 13.9. The van der Waals surface area contributed by atoms with Gasteiger partial charge in [-0.1, -0.05) is 30.3 Å². The predicted molar refractivity (Wildman–Crippen MR) is 118 cm³/mol. The number of rotatable bonds is 8. The molecule has 29 heavy (non-hydrogen) atoms. The molecule has 1 heterocycles. The predicted octanol–water partition coefficient (Wildman–Crippen LogP) is 4.42. The van der Waals surface area contributed by atoms with Gasteiger partial charge in [0.1, 0.15) is 0 Å². The molecule has 7 heteroatoms. The minimum atomic E-state index is 0.591. The number of methoxy groups -OCH3 is 1. The highest BCUT2D eigenvalue weighted by molar-refractivity contribution is 7.71. The molecule has 0 aliphatic carbocycles. The van der Waals surface area contributed by atoms with E-state index in [1.165, 1.54) is 5.56 Å². The van der Waals surface area contributed by atoms with Gasteiger partial charge in [0.25, 0.3) is 0 Å². The van der Waals surface area contributed by atoms with Gasteiger partial charge < -0.3 is 14.0 Å². The van der Waals surface area contributed by atoms with Crippen LogP contribution in [0, 0.1) is 11.7 Å². The van der Waals surface area contributed by atoms with Crippen LogP contribution in [0.5, 0.6) is 11.5 Å². The summed E-state index contributed by atoms with van der Waals surface area (Å²) in [6, 6.07) is 14.2. The minimum absolute atomic E-state index is 0.591. The SMILES string of the molecule is CCOc1ccc(CN(C)Cn2nc(-c3ccccc3C)n(C)c2=S)cc1OC. The van der Waals surface area contributed by atoms with E-state index < -0.39 is 0 Å². The van der Waals surface area contributed by atoms with Gasteiger partial charge >= 0.3 is 0 Å². The van der Waals surface area contributed by atoms with Gasteiger partial charge in [0, 0.05) is 19.2 Å². The summed E-state index contributed by atoms with van der Waals surface area (Å²) in [5, 5.41) is 4.78. The lowest BCUT2D eigenvalue weighted by atomic mass is 10.1. The first-order valence-electron chi connectivity index (χ1n) is 9.62. The normalized spacial score (nSPS) is 11.1. The van der Waals surface area contributed by atoms with Crippen molar-refractivity contribution >= 4 is 12.2 Å². The van der Waals surface area contributed by atoms with Gasteiger partial charge in [-0.25, -0.2) is 4.68 Å². The maximum Gasteiger partial charge on any atom is 0.199 e. The van der Waals surface area contributed by atoms with E-state index in [2.05, 4.69) is 30.0 Å². The first kappa shape index (κ1) is 21.1. The lowest BCUT2D eigenvalue weighted by Gasteiger charge is -2.18. The summed E-state index contributed by atoms with van der Waals surface area (Å²) in [5.74, 6) is 2.38. The summed E-state index contributed by atoms with van der Waals surface area (Å²) >= 11 is 5.63. The molecule has 0 bridgehead atoms. The van der Waals surface area contributed by atoms with Gasteiger partial charge in [0.15, 0.2) is 22.1 Å². The minimum Gasteiger partial charge on any atom is -0.493 e. The monoisotopic (exact) mass is 412 g/mol. The molecule has 0 fully saturated rings. The summed E-state index contributed by atoms with van der Waals surface area (Å²) < 4.78 is 15.6. The van der Waals surface area contributed by atoms with Crippen molar-refractivity contribution in [3.05, 3.63) is 58.4 Å². The Labute approximate surface area is 177 Å². The number of nitrogens with zero attached hydrogens (tertiary/aromatic N) is 4. The topological polar surface area (TPSA) is 44.5 Å². The lowest BCUT2D eigenvalue weighted by Crippen LogP contribution is -2.22. The zero-order valence-electron chi connectivity index (χ0n) is 17.7. The van der Waals surface area contributed by atoms with Crippen LogP contribution >= 0.6 is 12.2 Å². The third-order valence-corrected chi connectivity index (χ3v) is 5.27. The van der Waals surface area contributed by atoms with Crippen LogP contribution in [0.2, 0.25) is 0 Å². The van der Waals surface area contributed by atoms with Crippen LogP contribution in [0.25, 0.3) is 11.4 Å². The number of aromatic nitrogens is 3. The van der Waals surface area contributed by atoms with Crippen LogP contribution in [0.3, 0.4) is 0 Å². The summed E-state index contributed by atoms with van der Waals surface area (Å²) in [4.78, 5) is 2.17. The Bertz CT molecular complexity index is 1040. The van der Waals surface area contributed by atoms with E-state index in [-0.39, 0.29) is 0 Å². The molecule has 0 N–H and O–H groups in total. The highest BCUT2D eigenvalue weighted by atomic mass is 32.1. The van der Waals surface area contributed by atoms with Crippen molar-refractivity contribution in [1.82, 2.24) is 19.2 Å². The molecule has 0 radical (unpaired) electrons. The van der Waals surface area contributed by atoms with Crippen molar-refractivity contribution in [1.29, 1.82) is 0 Å². The molecule has 0 aliphatic heterocycles. The zero-order valence-corrected chi connectivity index (χ0v) is 18.5. The van der Waals surface area contributed by atoms with Gasteiger partial charge in [-0.05, 0) is 56.4 Å². The molecule has 0 saturated carbocycles. The molecule has 6 nitrogen and oxygen atoms in total. The van der Waals surface area contributed by atoms with Crippen LogP contribution in [-0.4, -0.2) is 40.0 Å². The lowest BCUT2D eigenvalue weighted by molar-refractivity contribution is 0.243. The molecule has 0 atom stereocenters. The second kappa shape index (κ2) is 9.24. The van der Waals surface area contributed by atoms with E-state index in [0.717, 1.165) is 35.0 Å². The number of ether oxygens (including phenoxy) is 2. The van der Waals surface area contributed by atoms with Crippen LogP contribution < -0.4 is 9.47 Å². The Balaban J connectivity index is 1.78. The molecule has 0 unspecified atom stereocenters. The summed E-state index contributed by atoms with van der Waals surface area (Å²) in [5.41, 5.74) is 3.41. The van der Waals surface area contributed by atoms with Gasteiger partial charge in [-0.3, -0.25) is 4.90 Å². The van der Waals surface area contributed by atoms with Crippen LogP contribution in [0.15, 0.2) is 42.5 Å². The molecule has 0 saturated heterocycles. The van der Waals surface area contributed by atoms with Crippen LogP contribution in [0.1, 0.15) is 18.1 Å². The van der Waals surface area contributed by atoms with Crippen molar-refractivity contribution in [2.75, 3.05) is 20.8 Å². The molecule has 0 amide bonds. The van der Waals surface area contributed by atoms with E-state index in [1.54, 1.807) is 7.11 Å². The smallest absolute Gasteiger partial charge is 0.199 e. The van der Waals surface area contributed by atoms with Crippen molar-refractivity contribution in [2.45, 2.75) is 27.1 Å². The Hall–Kier alpha value is -2.64. The van der Waals surface area contributed by atoms with Crippen molar-refractivity contribution in [3.63, 3.8) is 0 Å². The fourth-order valence-corrected chi connectivity index (χ4v) is 3.50. The summed E-state index contributed by atoms with van der Waals surface area (Å²) in [6.45, 7) is 5.98. The van der Waals surface area contributed by atoms with Crippen LogP contribution in [0.4, 0.5) is 0 Å². The van der Waals surface area contributed by atoms with Gasteiger partial charge in [0.05, 0.1) is 20.4 Å². The second-order valence-corrected chi connectivity index (χ2v) is 7.42. The molecule has 1 aromatic heterocycles. The van der Waals surface area contributed by atoms with Crippen LogP contribution in [-0.2, 0) is 20.3 Å². The molecule has 3 aromatic rings. The Morgan fingerprint density at radius 2 is 1.90 bits per heavy atom. The summed E-state index contributed by atoms with van der Waals surface area (Å²) in [6.07, 6.45) is 0. The maximum absolute atomic E-state index is 5.63. The van der Waals surface area contributed by atoms with Crippen molar-refractivity contribution in [3.8, 4) is 22.9 Å². The average molecular weight is 413 g/mol. The fraction of sp³-hybridized carbons (Fsp3) is 0.364. The van der Waals surface area contributed by atoms with E-state index in [1.807, 2.05) is 54.5 Å². The quantitative estimate of drug-likeness (QED) is 0.513. The summed E-state index contributed by atoms with van der Waals surface area (Å²) in [7, 11) is 5.67. The Kier molecular flexibility index (Phi) is 6.71. The first-order valence-corrected chi connectivity index (χ1v) is 10.0. The number of hydrogen-bond acceptors (Lipinski definition) is 5. The third kappa shape index (κ3) is 4.68.